The number of halogens is 1. The lowest BCUT2D eigenvalue weighted by Crippen LogP contribution is -2.54. The van der Waals surface area contributed by atoms with Crippen LogP contribution in [0.1, 0.15) is 39.7 Å². The highest BCUT2D eigenvalue weighted by molar-refractivity contribution is 14.1. The number of nitrogens with zero attached hydrogens (tertiary/aromatic N) is 1. The largest absolute Gasteiger partial charge is 0.497 e. The molecule has 0 spiro atoms. The number of amides is 2. The highest BCUT2D eigenvalue weighted by atomic mass is 127. The van der Waals surface area contributed by atoms with Gasteiger partial charge in [0.05, 0.1) is 7.11 Å². The number of methoxy groups -OCH3 is 1. The maximum Gasteiger partial charge on any atom is 0.261 e. The molecule has 0 aliphatic heterocycles. The van der Waals surface area contributed by atoms with Gasteiger partial charge in [-0.2, -0.15) is 0 Å². The summed E-state index contributed by atoms with van der Waals surface area (Å²) in [6.07, 6.45) is 0.493. The summed E-state index contributed by atoms with van der Waals surface area (Å²) in [5.74, 6) is 0.933. The fourth-order valence-corrected chi connectivity index (χ4v) is 3.42. The molecule has 0 saturated heterocycles. The summed E-state index contributed by atoms with van der Waals surface area (Å²) in [4.78, 5) is 27.7. The molecule has 7 heteroatoms. The minimum Gasteiger partial charge on any atom is -0.497 e. The van der Waals surface area contributed by atoms with Gasteiger partial charge < -0.3 is 19.7 Å². The van der Waals surface area contributed by atoms with Gasteiger partial charge in [0.2, 0.25) is 5.91 Å². The second kappa shape index (κ2) is 11.4. The number of carbonyl (C=O) groups is 2. The normalized spacial score (nSPS) is 12.1. The lowest BCUT2D eigenvalue weighted by molar-refractivity contribution is -0.143. The molecule has 2 aromatic carbocycles. The van der Waals surface area contributed by atoms with Crippen molar-refractivity contribution in [1.29, 1.82) is 0 Å². The smallest absolute Gasteiger partial charge is 0.261 e. The van der Waals surface area contributed by atoms with Crippen LogP contribution in [0.25, 0.3) is 0 Å². The Morgan fingerprint density at radius 1 is 1.03 bits per heavy atom. The number of hydrogen-bond acceptors (Lipinski definition) is 4. The summed E-state index contributed by atoms with van der Waals surface area (Å²) in [6.45, 7) is 7.83. The van der Waals surface area contributed by atoms with E-state index in [0.29, 0.717) is 18.7 Å². The fourth-order valence-electron chi connectivity index (χ4n) is 3.06. The fraction of sp³-hybridized carbons (Fsp3) is 0.417. The Hall–Kier alpha value is -2.29. The number of carbonyl (C=O) groups excluding carboxylic acids is 2. The second-order valence-corrected chi connectivity index (χ2v) is 9.52. The highest BCUT2D eigenvalue weighted by Crippen LogP contribution is 2.18. The van der Waals surface area contributed by atoms with Gasteiger partial charge in [-0.1, -0.05) is 19.1 Å². The van der Waals surface area contributed by atoms with E-state index in [1.807, 2.05) is 76.2 Å². The van der Waals surface area contributed by atoms with E-state index < -0.39 is 11.6 Å². The van der Waals surface area contributed by atoms with Crippen LogP contribution in [-0.4, -0.2) is 42.0 Å². The summed E-state index contributed by atoms with van der Waals surface area (Å²) >= 11 is 2.21. The van der Waals surface area contributed by atoms with E-state index in [2.05, 4.69) is 27.9 Å². The quantitative estimate of drug-likeness (QED) is 0.481. The van der Waals surface area contributed by atoms with Crippen LogP contribution >= 0.6 is 22.6 Å². The minimum atomic E-state index is -0.603. The number of nitrogens with one attached hydrogen (secondary N) is 1. The van der Waals surface area contributed by atoms with Crippen molar-refractivity contribution in [3.05, 3.63) is 57.7 Å². The zero-order chi connectivity index (χ0) is 23.0. The Morgan fingerprint density at radius 2 is 1.61 bits per heavy atom. The first kappa shape index (κ1) is 25.0. The van der Waals surface area contributed by atoms with Gasteiger partial charge in [-0.3, -0.25) is 9.59 Å². The van der Waals surface area contributed by atoms with E-state index in [4.69, 9.17) is 9.47 Å². The molecule has 0 radical (unpaired) electrons. The predicted octanol–water partition coefficient (Wildman–Crippen LogP) is 4.40. The molecule has 2 aromatic rings. The number of rotatable bonds is 9. The van der Waals surface area contributed by atoms with Gasteiger partial charge in [0.1, 0.15) is 17.5 Å². The molecule has 0 heterocycles. The van der Waals surface area contributed by atoms with Crippen LogP contribution in [-0.2, 0) is 16.1 Å². The molecule has 1 N–H and O–H groups in total. The Bertz CT molecular complexity index is 861. The van der Waals surface area contributed by atoms with E-state index in [1.54, 1.807) is 12.0 Å². The molecule has 31 heavy (non-hydrogen) atoms. The molecule has 1 unspecified atom stereocenters. The van der Waals surface area contributed by atoms with Crippen molar-refractivity contribution in [2.45, 2.75) is 52.2 Å². The Labute approximate surface area is 198 Å². The summed E-state index contributed by atoms with van der Waals surface area (Å²) in [5, 5.41) is 3.00. The van der Waals surface area contributed by atoms with Crippen molar-refractivity contribution in [2.24, 2.45) is 0 Å². The summed E-state index contributed by atoms with van der Waals surface area (Å²) in [7, 11) is 1.61. The molecule has 0 fully saturated rings. The van der Waals surface area contributed by atoms with Crippen LogP contribution in [0.5, 0.6) is 11.5 Å². The maximum absolute atomic E-state index is 13.2. The molecule has 6 nitrogen and oxygen atoms in total. The van der Waals surface area contributed by atoms with Gasteiger partial charge in [0, 0.05) is 15.7 Å². The molecular formula is C24H31IN2O4. The van der Waals surface area contributed by atoms with Gasteiger partial charge in [-0.25, -0.2) is 0 Å². The average molecular weight is 538 g/mol. The average Bonchev–Trinajstić information content (AvgIpc) is 2.72. The molecular weight excluding hydrogens is 507 g/mol. The van der Waals surface area contributed by atoms with Gasteiger partial charge in [0.25, 0.3) is 5.91 Å². The zero-order valence-corrected chi connectivity index (χ0v) is 20.9. The van der Waals surface area contributed by atoms with Crippen molar-refractivity contribution in [3.63, 3.8) is 0 Å². The lowest BCUT2D eigenvalue weighted by Gasteiger charge is -2.33. The summed E-state index contributed by atoms with van der Waals surface area (Å²) in [5.41, 5.74) is 0.516. The Kier molecular flexibility index (Phi) is 9.15. The van der Waals surface area contributed by atoms with Crippen molar-refractivity contribution in [2.75, 3.05) is 13.7 Å². The Balaban J connectivity index is 2.22. The van der Waals surface area contributed by atoms with Crippen LogP contribution in [0.15, 0.2) is 48.5 Å². The van der Waals surface area contributed by atoms with Gasteiger partial charge in [0.15, 0.2) is 6.61 Å². The third kappa shape index (κ3) is 8.05. The molecule has 0 saturated carbocycles. The molecule has 2 amide bonds. The SMILES string of the molecule is CCC(C(=O)NC(C)(C)C)N(Cc1ccc(OC)cc1)C(=O)COc1ccc(I)cc1. The second-order valence-electron chi connectivity index (χ2n) is 8.28. The van der Waals surface area contributed by atoms with Crippen molar-refractivity contribution in [3.8, 4) is 11.5 Å². The van der Waals surface area contributed by atoms with Crippen molar-refractivity contribution < 1.29 is 19.1 Å². The van der Waals surface area contributed by atoms with Gasteiger partial charge in [-0.15, -0.1) is 0 Å². The van der Waals surface area contributed by atoms with E-state index in [-0.39, 0.29) is 18.4 Å². The minimum absolute atomic E-state index is 0.143. The van der Waals surface area contributed by atoms with E-state index >= 15 is 0 Å². The topological polar surface area (TPSA) is 67.9 Å². The van der Waals surface area contributed by atoms with Gasteiger partial charge >= 0.3 is 0 Å². The third-order valence-corrected chi connectivity index (χ3v) is 5.29. The first-order chi connectivity index (χ1) is 14.6. The van der Waals surface area contributed by atoms with Crippen LogP contribution in [0.4, 0.5) is 0 Å². The zero-order valence-electron chi connectivity index (χ0n) is 18.8. The molecule has 0 aromatic heterocycles. The predicted molar refractivity (Wildman–Crippen MR) is 130 cm³/mol. The standard InChI is InChI=1S/C24H31IN2O4/c1-6-21(23(29)26-24(2,3)4)27(15-17-7-11-19(30-5)12-8-17)22(28)16-31-20-13-9-18(25)10-14-20/h7-14,21H,6,15-16H2,1-5H3,(H,26,29). The van der Waals surface area contributed by atoms with Crippen molar-refractivity contribution >= 4 is 34.4 Å². The maximum atomic E-state index is 13.2. The summed E-state index contributed by atoms with van der Waals surface area (Å²) in [6, 6.07) is 14.4. The monoisotopic (exact) mass is 538 g/mol. The third-order valence-electron chi connectivity index (χ3n) is 4.57. The molecule has 2 rings (SSSR count). The Morgan fingerprint density at radius 3 is 2.13 bits per heavy atom. The number of ether oxygens (including phenoxy) is 2. The number of benzene rings is 2. The first-order valence-corrected chi connectivity index (χ1v) is 11.3. The lowest BCUT2D eigenvalue weighted by atomic mass is 10.1. The van der Waals surface area contributed by atoms with Crippen LogP contribution < -0.4 is 14.8 Å². The number of hydrogen-bond donors (Lipinski definition) is 1. The molecule has 0 aliphatic rings. The highest BCUT2D eigenvalue weighted by Gasteiger charge is 2.30. The molecule has 0 aliphatic carbocycles. The molecule has 1 atom stereocenters. The van der Waals surface area contributed by atoms with E-state index in [1.165, 1.54) is 0 Å². The van der Waals surface area contributed by atoms with Gasteiger partial charge in [-0.05, 0) is 91.7 Å². The van der Waals surface area contributed by atoms with Crippen LogP contribution in [0.3, 0.4) is 0 Å². The van der Waals surface area contributed by atoms with E-state index in [0.717, 1.165) is 14.9 Å². The van der Waals surface area contributed by atoms with Crippen LogP contribution in [0.2, 0.25) is 0 Å². The summed E-state index contributed by atoms with van der Waals surface area (Å²) < 4.78 is 12.0. The van der Waals surface area contributed by atoms with Crippen LogP contribution in [0, 0.1) is 3.57 Å². The van der Waals surface area contributed by atoms with E-state index in [9.17, 15) is 9.59 Å². The molecule has 168 valence electrons. The van der Waals surface area contributed by atoms with Crippen molar-refractivity contribution in [1.82, 2.24) is 10.2 Å². The first-order valence-electron chi connectivity index (χ1n) is 10.3. The molecule has 0 bridgehead atoms.